The average molecular weight is 361 g/mol. The van der Waals surface area contributed by atoms with Gasteiger partial charge in [-0.2, -0.15) is 0 Å². The predicted octanol–water partition coefficient (Wildman–Crippen LogP) is 2.94. The Morgan fingerprint density at radius 3 is 2.46 bits per heavy atom. The van der Waals surface area contributed by atoms with Crippen LogP contribution in [0.25, 0.3) is 0 Å². The zero-order valence-corrected chi connectivity index (χ0v) is 15.6. The Balaban J connectivity index is 1.88. The van der Waals surface area contributed by atoms with Gasteiger partial charge in [0.2, 0.25) is 0 Å². The van der Waals surface area contributed by atoms with Crippen LogP contribution in [0.4, 0.5) is 4.79 Å². The van der Waals surface area contributed by atoms with E-state index in [1.807, 2.05) is 51.1 Å². The lowest BCUT2D eigenvalue weighted by atomic mass is 9.87. The summed E-state index contributed by atoms with van der Waals surface area (Å²) in [6.45, 7) is 6.48. The van der Waals surface area contributed by atoms with Gasteiger partial charge in [0, 0.05) is 18.9 Å². The lowest BCUT2D eigenvalue weighted by molar-refractivity contribution is -0.204. The van der Waals surface area contributed by atoms with Crippen molar-refractivity contribution in [3.63, 3.8) is 0 Å². The van der Waals surface area contributed by atoms with Crippen LogP contribution >= 0.6 is 0 Å². The number of nitrogens with zero attached hydrogens (tertiary/aromatic N) is 1. The molecule has 2 aliphatic heterocycles. The van der Waals surface area contributed by atoms with Gasteiger partial charge < -0.3 is 19.0 Å². The number of amides is 1. The zero-order chi connectivity index (χ0) is 18.8. The first-order chi connectivity index (χ1) is 12.3. The van der Waals surface area contributed by atoms with Gasteiger partial charge in [0.05, 0.1) is 19.3 Å². The minimum Gasteiger partial charge on any atom is -0.444 e. The molecule has 142 valence electrons. The lowest BCUT2D eigenvalue weighted by Gasteiger charge is -2.46. The highest BCUT2D eigenvalue weighted by molar-refractivity contribution is 5.74. The van der Waals surface area contributed by atoms with E-state index in [4.69, 9.17) is 14.2 Å². The topological polar surface area (TPSA) is 65.1 Å². The van der Waals surface area contributed by atoms with E-state index in [1.165, 1.54) is 0 Å². The monoisotopic (exact) mass is 361 g/mol. The van der Waals surface area contributed by atoms with E-state index in [-0.39, 0.29) is 6.04 Å². The highest BCUT2D eigenvalue weighted by Crippen LogP contribution is 2.39. The summed E-state index contributed by atoms with van der Waals surface area (Å²) in [7, 11) is 0. The van der Waals surface area contributed by atoms with Crippen molar-refractivity contribution in [1.82, 2.24) is 4.90 Å². The SMILES string of the molecule is CC(C)(C)OC(=O)N1C(C=O)CC2(CC1Cc1ccccc1)OCCO2. The maximum Gasteiger partial charge on any atom is 0.411 e. The number of benzene rings is 1. The molecular formula is C20H27NO5. The van der Waals surface area contributed by atoms with E-state index in [1.54, 1.807) is 4.90 Å². The fourth-order valence-corrected chi connectivity index (χ4v) is 3.73. The Morgan fingerprint density at radius 2 is 1.88 bits per heavy atom. The summed E-state index contributed by atoms with van der Waals surface area (Å²) in [6, 6.07) is 9.04. The molecule has 0 radical (unpaired) electrons. The number of hydrogen-bond donors (Lipinski definition) is 0. The summed E-state index contributed by atoms with van der Waals surface area (Å²) in [5, 5.41) is 0. The van der Waals surface area contributed by atoms with Crippen molar-refractivity contribution in [2.75, 3.05) is 13.2 Å². The van der Waals surface area contributed by atoms with Crippen LogP contribution in [0.15, 0.2) is 30.3 Å². The number of carbonyl (C=O) groups is 2. The predicted molar refractivity (Wildman–Crippen MR) is 95.7 cm³/mol. The van der Waals surface area contributed by atoms with Gasteiger partial charge in [-0.05, 0) is 32.8 Å². The third kappa shape index (κ3) is 4.24. The summed E-state index contributed by atoms with van der Waals surface area (Å²) in [5.74, 6) is -0.788. The van der Waals surface area contributed by atoms with Crippen LogP contribution in [0.2, 0.25) is 0 Å². The number of likely N-dealkylation sites (tertiary alicyclic amines) is 1. The molecule has 6 heteroatoms. The number of rotatable bonds is 3. The van der Waals surface area contributed by atoms with E-state index in [2.05, 4.69) is 0 Å². The maximum absolute atomic E-state index is 12.9. The molecule has 6 nitrogen and oxygen atoms in total. The van der Waals surface area contributed by atoms with Crippen LogP contribution in [-0.4, -0.2) is 54.0 Å². The van der Waals surface area contributed by atoms with Gasteiger partial charge in [0.15, 0.2) is 5.79 Å². The molecule has 2 unspecified atom stereocenters. The zero-order valence-electron chi connectivity index (χ0n) is 15.6. The molecule has 0 aromatic heterocycles. The number of piperidine rings is 1. The Labute approximate surface area is 154 Å². The van der Waals surface area contributed by atoms with Crippen molar-refractivity contribution in [2.45, 2.75) is 63.5 Å². The molecule has 2 atom stereocenters. The Hall–Kier alpha value is -1.92. The molecule has 2 saturated heterocycles. The molecule has 26 heavy (non-hydrogen) atoms. The van der Waals surface area contributed by atoms with E-state index in [0.29, 0.717) is 32.5 Å². The Morgan fingerprint density at radius 1 is 1.23 bits per heavy atom. The first kappa shape index (κ1) is 18.9. The Kier molecular flexibility index (Phi) is 5.34. The van der Waals surface area contributed by atoms with Gasteiger partial charge in [-0.25, -0.2) is 4.79 Å². The molecule has 1 aromatic carbocycles. The van der Waals surface area contributed by atoms with E-state index in [9.17, 15) is 9.59 Å². The van der Waals surface area contributed by atoms with Crippen LogP contribution in [0.3, 0.4) is 0 Å². The first-order valence-corrected chi connectivity index (χ1v) is 9.10. The molecule has 2 fully saturated rings. The summed E-state index contributed by atoms with van der Waals surface area (Å²) in [4.78, 5) is 26.2. The molecule has 0 saturated carbocycles. The summed E-state index contributed by atoms with van der Waals surface area (Å²) < 4.78 is 17.3. The fraction of sp³-hybridized carbons (Fsp3) is 0.600. The number of hydrogen-bond acceptors (Lipinski definition) is 5. The van der Waals surface area contributed by atoms with Crippen molar-refractivity contribution in [2.24, 2.45) is 0 Å². The largest absolute Gasteiger partial charge is 0.444 e. The van der Waals surface area contributed by atoms with E-state index < -0.39 is 23.5 Å². The standard InChI is InChI=1S/C20H27NO5/c1-19(2,3)26-18(23)21-16(11-15-7-5-4-6-8-15)12-20(13-17(21)14-22)24-9-10-25-20/h4-8,14,16-17H,9-13H2,1-3H3. The third-order valence-electron chi connectivity index (χ3n) is 4.71. The number of carbonyl (C=O) groups excluding carboxylic acids is 2. The fourth-order valence-electron chi connectivity index (χ4n) is 3.73. The Bertz CT molecular complexity index is 633. The van der Waals surface area contributed by atoms with Crippen LogP contribution in [0.1, 0.15) is 39.2 Å². The smallest absolute Gasteiger partial charge is 0.411 e. The second-order valence-electron chi connectivity index (χ2n) is 7.95. The number of ether oxygens (including phenoxy) is 3. The van der Waals surface area contributed by atoms with Crippen LogP contribution < -0.4 is 0 Å². The van der Waals surface area contributed by atoms with Crippen molar-refractivity contribution in [1.29, 1.82) is 0 Å². The first-order valence-electron chi connectivity index (χ1n) is 9.10. The van der Waals surface area contributed by atoms with Crippen molar-refractivity contribution >= 4 is 12.4 Å². The van der Waals surface area contributed by atoms with Gasteiger partial charge in [0.1, 0.15) is 11.9 Å². The van der Waals surface area contributed by atoms with E-state index in [0.717, 1.165) is 11.8 Å². The lowest BCUT2D eigenvalue weighted by Crippen LogP contribution is -2.60. The highest BCUT2D eigenvalue weighted by Gasteiger charge is 2.50. The van der Waals surface area contributed by atoms with Gasteiger partial charge in [-0.3, -0.25) is 4.90 Å². The summed E-state index contributed by atoms with van der Waals surface area (Å²) in [6.07, 6.45) is 1.79. The van der Waals surface area contributed by atoms with Gasteiger partial charge in [0.25, 0.3) is 0 Å². The van der Waals surface area contributed by atoms with Crippen LogP contribution in [-0.2, 0) is 25.4 Å². The average Bonchev–Trinajstić information content (AvgIpc) is 3.01. The van der Waals surface area contributed by atoms with E-state index >= 15 is 0 Å². The van der Waals surface area contributed by atoms with Gasteiger partial charge in [-0.1, -0.05) is 30.3 Å². The van der Waals surface area contributed by atoms with Crippen LogP contribution in [0.5, 0.6) is 0 Å². The molecule has 1 aromatic rings. The van der Waals surface area contributed by atoms with Crippen molar-refractivity contribution < 1.29 is 23.8 Å². The maximum atomic E-state index is 12.9. The minimum atomic E-state index is -0.788. The normalized spacial score (nSPS) is 25.3. The van der Waals surface area contributed by atoms with Crippen LogP contribution in [0, 0.1) is 0 Å². The summed E-state index contributed by atoms with van der Waals surface area (Å²) >= 11 is 0. The molecule has 0 bridgehead atoms. The molecule has 1 spiro atoms. The molecule has 2 heterocycles. The molecule has 2 aliphatic rings. The molecule has 0 N–H and O–H groups in total. The molecule has 0 aliphatic carbocycles. The number of aldehydes is 1. The third-order valence-corrected chi connectivity index (χ3v) is 4.71. The molecule has 3 rings (SSSR count). The highest BCUT2D eigenvalue weighted by atomic mass is 16.7. The molecular weight excluding hydrogens is 334 g/mol. The quantitative estimate of drug-likeness (QED) is 0.775. The second-order valence-corrected chi connectivity index (χ2v) is 7.95. The van der Waals surface area contributed by atoms with Crippen molar-refractivity contribution in [3.05, 3.63) is 35.9 Å². The second kappa shape index (κ2) is 7.37. The van der Waals surface area contributed by atoms with Crippen molar-refractivity contribution in [3.8, 4) is 0 Å². The summed E-state index contributed by atoms with van der Waals surface area (Å²) in [5.41, 5.74) is 0.461. The molecule has 1 amide bonds. The van der Waals surface area contributed by atoms with Gasteiger partial charge >= 0.3 is 6.09 Å². The van der Waals surface area contributed by atoms with Gasteiger partial charge in [-0.15, -0.1) is 0 Å². The minimum absolute atomic E-state index is 0.241.